The second-order valence-corrected chi connectivity index (χ2v) is 3.74. The molecule has 5 heteroatoms. The van der Waals surface area contributed by atoms with E-state index in [4.69, 9.17) is 4.74 Å². The SMILES string of the molecule is CCOC(=O)[C@@H](C)Cc1ccccc1[N+](=O)[O-]. The van der Waals surface area contributed by atoms with Crippen molar-refractivity contribution in [2.45, 2.75) is 20.3 Å². The van der Waals surface area contributed by atoms with E-state index >= 15 is 0 Å². The minimum atomic E-state index is -0.437. The third-order valence-electron chi connectivity index (χ3n) is 2.40. The minimum Gasteiger partial charge on any atom is -0.466 e. The van der Waals surface area contributed by atoms with E-state index in [1.54, 1.807) is 32.0 Å². The van der Waals surface area contributed by atoms with Crippen molar-refractivity contribution in [3.05, 3.63) is 39.9 Å². The van der Waals surface area contributed by atoms with Crippen molar-refractivity contribution < 1.29 is 14.5 Å². The summed E-state index contributed by atoms with van der Waals surface area (Å²) < 4.78 is 4.87. The van der Waals surface area contributed by atoms with Crippen molar-refractivity contribution >= 4 is 11.7 Å². The Kier molecular flexibility index (Phi) is 4.63. The maximum atomic E-state index is 11.4. The van der Waals surface area contributed by atoms with Gasteiger partial charge in [0.2, 0.25) is 0 Å². The van der Waals surface area contributed by atoms with Crippen LogP contribution in [-0.4, -0.2) is 17.5 Å². The first-order chi connectivity index (χ1) is 8.06. The van der Waals surface area contributed by atoms with Crippen LogP contribution in [0, 0.1) is 16.0 Å². The zero-order valence-electron chi connectivity index (χ0n) is 9.88. The summed E-state index contributed by atoms with van der Waals surface area (Å²) in [5, 5.41) is 10.8. The molecule has 0 spiro atoms. The van der Waals surface area contributed by atoms with E-state index in [0.29, 0.717) is 18.6 Å². The van der Waals surface area contributed by atoms with E-state index in [0.717, 1.165) is 0 Å². The minimum absolute atomic E-state index is 0.0450. The lowest BCUT2D eigenvalue weighted by Gasteiger charge is -2.10. The molecule has 0 saturated heterocycles. The van der Waals surface area contributed by atoms with Gasteiger partial charge < -0.3 is 4.74 Å². The fourth-order valence-corrected chi connectivity index (χ4v) is 1.56. The first kappa shape index (κ1) is 13.2. The summed E-state index contributed by atoms with van der Waals surface area (Å²) in [7, 11) is 0. The molecule has 0 heterocycles. The van der Waals surface area contributed by atoms with E-state index in [1.165, 1.54) is 6.07 Å². The van der Waals surface area contributed by atoms with Gasteiger partial charge in [0.25, 0.3) is 5.69 Å². The maximum Gasteiger partial charge on any atom is 0.308 e. The summed E-state index contributed by atoms with van der Waals surface area (Å²) in [5.74, 6) is -0.707. The van der Waals surface area contributed by atoms with Gasteiger partial charge in [0.15, 0.2) is 0 Å². The molecule has 0 N–H and O–H groups in total. The van der Waals surface area contributed by atoms with Gasteiger partial charge in [-0.1, -0.05) is 25.1 Å². The molecule has 0 aromatic heterocycles. The lowest BCUT2D eigenvalue weighted by atomic mass is 10.00. The normalized spacial score (nSPS) is 11.9. The topological polar surface area (TPSA) is 69.4 Å². The smallest absolute Gasteiger partial charge is 0.308 e. The Morgan fingerprint density at radius 2 is 2.12 bits per heavy atom. The number of nitro groups is 1. The number of benzene rings is 1. The molecular formula is C12H15NO4. The molecule has 0 unspecified atom stereocenters. The average molecular weight is 237 g/mol. The maximum absolute atomic E-state index is 11.4. The number of nitrogens with zero attached hydrogens (tertiary/aromatic N) is 1. The lowest BCUT2D eigenvalue weighted by molar-refractivity contribution is -0.385. The van der Waals surface area contributed by atoms with Gasteiger partial charge in [0.05, 0.1) is 17.4 Å². The van der Waals surface area contributed by atoms with Crippen LogP contribution in [0.1, 0.15) is 19.4 Å². The second-order valence-electron chi connectivity index (χ2n) is 3.74. The average Bonchev–Trinajstić information content (AvgIpc) is 2.29. The molecule has 1 aromatic rings. The Morgan fingerprint density at radius 3 is 2.71 bits per heavy atom. The zero-order valence-corrected chi connectivity index (χ0v) is 9.88. The van der Waals surface area contributed by atoms with Gasteiger partial charge in [0, 0.05) is 11.6 Å². The second kappa shape index (κ2) is 5.98. The fraction of sp³-hybridized carbons (Fsp3) is 0.417. The number of carbonyl (C=O) groups excluding carboxylic acids is 1. The molecular weight excluding hydrogens is 222 g/mol. The van der Waals surface area contributed by atoms with Crippen molar-refractivity contribution in [3.63, 3.8) is 0 Å². The van der Waals surface area contributed by atoms with Crippen molar-refractivity contribution in [3.8, 4) is 0 Å². The Bertz CT molecular complexity index is 417. The van der Waals surface area contributed by atoms with Gasteiger partial charge in [-0.25, -0.2) is 0 Å². The molecule has 0 aliphatic rings. The molecule has 0 amide bonds. The Balaban J connectivity index is 2.81. The Morgan fingerprint density at radius 1 is 1.47 bits per heavy atom. The van der Waals surface area contributed by atoms with Crippen molar-refractivity contribution in [2.75, 3.05) is 6.61 Å². The van der Waals surface area contributed by atoms with Crippen molar-refractivity contribution in [1.82, 2.24) is 0 Å². The van der Waals surface area contributed by atoms with Gasteiger partial charge >= 0.3 is 5.97 Å². The predicted octanol–water partition coefficient (Wildman–Crippen LogP) is 2.34. The summed E-state index contributed by atoms with van der Waals surface area (Å²) in [6, 6.07) is 6.43. The Hall–Kier alpha value is -1.91. The predicted molar refractivity (Wildman–Crippen MR) is 62.6 cm³/mol. The van der Waals surface area contributed by atoms with Crippen LogP contribution in [0.3, 0.4) is 0 Å². The molecule has 0 radical (unpaired) electrons. The quantitative estimate of drug-likeness (QED) is 0.447. The number of ether oxygens (including phenoxy) is 1. The summed E-state index contributed by atoms with van der Waals surface area (Å²) in [4.78, 5) is 21.8. The molecule has 1 atom stereocenters. The largest absolute Gasteiger partial charge is 0.466 e. The third kappa shape index (κ3) is 3.55. The van der Waals surface area contributed by atoms with Crippen LogP contribution in [0.2, 0.25) is 0 Å². The highest BCUT2D eigenvalue weighted by Gasteiger charge is 2.20. The van der Waals surface area contributed by atoms with E-state index < -0.39 is 4.92 Å². The first-order valence-corrected chi connectivity index (χ1v) is 5.45. The Labute approximate surface area is 99.5 Å². The summed E-state index contributed by atoms with van der Waals surface area (Å²) in [6.45, 7) is 3.75. The standard InChI is InChI=1S/C12H15NO4/c1-3-17-12(14)9(2)8-10-6-4-5-7-11(10)13(15)16/h4-7,9H,3,8H2,1-2H3/t9-/m0/s1. The van der Waals surface area contributed by atoms with E-state index in [1.807, 2.05) is 0 Å². The molecule has 0 aliphatic heterocycles. The van der Waals surface area contributed by atoms with Crippen molar-refractivity contribution in [2.24, 2.45) is 5.92 Å². The van der Waals surface area contributed by atoms with Gasteiger partial charge in [-0.05, 0) is 13.3 Å². The van der Waals surface area contributed by atoms with E-state index in [9.17, 15) is 14.9 Å². The van der Waals surface area contributed by atoms with Gasteiger partial charge in [-0.3, -0.25) is 14.9 Å². The summed E-state index contributed by atoms with van der Waals surface area (Å²) >= 11 is 0. The monoisotopic (exact) mass is 237 g/mol. The highest BCUT2D eigenvalue weighted by Crippen LogP contribution is 2.21. The number of rotatable bonds is 5. The molecule has 0 aliphatic carbocycles. The van der Waals surface area contributed by atoms with Crippen LogP contribution in [0.25, 0.3) is 0 Å². The van der Waals surface area contributed by atoms with Crippen LogP contribution >= 0.6 is 0 Å². The molecule has 0 bridgehead atoms. The van der Waals surface area contributed by atoms with Crippen LogP contribution < -0.4 is 0 Å². The number of hydrogen-bond acceptors (Lipinski definition) is 4. The zero-order chi connectivity index (χ0) is 12.8. The fourth-order valence-electron chi connectivity index (χ4n) is 1.56. The molecule has 0 saturated carbocycles. The van der Waals surface area contributed by atoms with Crippen LogP contribution in [0.15, 0.2) is 24.3 Å². The number of esters is 1. The van der Waals surface area contributed by atoms with Crippen molar-refractivity contribution in [1.29, 1.82) is 0 Å². The van der Waals surface area contributed by atoms with E-state index in [2.05, 4.69) is 0 Å². The van der Waals surface area contributed by atoms with Gasteiger partial charge in [-0.2, -0.15) is 0 Å². The highest BCUT2D eigenvalue weighted by atomic mass is 16.6. The molecule has 1 aromatic carbocycles. The number of para-hydroxylation sites is 1. The number of nitro benzene ring substituents is 1. The van der Waals surface area contributed by atoms with E-state index in [-0.39, 0.29) is 17.6 Å². The highest BCUT2D eigenvalue weighted by molar-refractivity contribution is 5.72. The van der Waals surface area contributed by atoms with Gasteiger partial charge in [-0.15, -0.1) is 0 Å². The van der Waals surface area contributed by atoms with Crippen LogP contribution in [0.4, 0.5) is 5.69 Å². The number of hydrogen-bond donors (Lipinski definition) is 0. The lowest BCUT2D eigenvalue weighted by Crippen LogP contribution is -2.17. The summed E-state index contributed by atoms with van der Waals surface area (Å²) in [6.07, 6.45) is 0.315. The number of carbonyl (C=O) groups is 1. The summed E-state index contributed by atoms with van der Waals surface area (Å²) in [5.41, 5.74) is 0.599. The third-order valence-corrected chi connectivity index (χ3v) is 2.40. The van der Waals surface area contributed by atoms with Crippen LogP contribution in [-0.2, 0) is 16.0 Å². The molecule has 0 fully saturated rings. The van der Waals surface area contributed by atoms with Gasteiger partial charge in [0.1, 0.15) is 0 Å². The van der Waals surface area contributed by atoms with Crippen LogP contribution in [0.5, 0.6) is 0 Å². The molecule has 5 nitrogen and oxygen atoms in total. The molecule has 17 heavy (non-hydrogen) atoms. The molecule has 92 valence electrons. The molecule has 1 rings (SSSR count). The first-order valence-electron chi connectivity index (χ1n) is 5.45.